The lowest BCUT2D eigenvalue weighted by atomic mass is 9.98. The lowest BCUT2D eigenvalue weighted by Gasteiger charge is -2.04. The summed E-state index contributed by atoms with van der Waals surface area (Å²) >= 11 is 0. The standard InChI is InChI=1S/C32H22N4O/c1-37-26-10-8-20(9-11-26)28-13-22-4-5-24(15-30(22)35-28)32-17-25-7-6-23(16-31(25)36-32)29-14-21-3-2-19(18-33)12-27(21)34-29/h2-12,15-16H,13-14,17H2,1H3. The van der Waals surface area contributed by atoms with Crippen molar-refractivity contribution in [2.75, 3.05) is 7.11 Å². The van der Waals surface area contributed by atoms with Crippen molar-refractivity contribution in [3.8, 4) is 11.8 Å². The molecule has 0 spiro atoms. The molecule has 0 radical (unpaired) electrons. The molecule has 0 amide bonds. The molecule has 176 valence electrons. The third-order valence-corrected chi connectivity index (χ3v) is 7.31. The maximum Gasteiger partial charge on any atom is 0.118 e. The van der Waals surface area contributed by atoms with Gasteiger partial charge in [0.05, 0.1) is 52.9 Å². The van der Waals surface area contributed by atoms with Gasteiger partial charge in [-0.25, -0.2) is 0 Å². The molecule has 5 heteroatoms. The molecule has 3 aliphatic heterocycles. The number of rotatable bonds is 4. The molecule has 7 rings (SSSR count). The second-order valence-electron chi connectivity index (χ2n) is 9.58. The molecule has 0 fully saturated rings. The van der Waals surface area contributed by atoms with E-state index in [1.807, 2.05) is 30.3 Å². The first-order valence-corrected chi connectivity index (χ1v) is 12.3. The number of aliphatic imine (C=N–C) groups is 3. The van der Waals surface area contributed by atoms with E-state index in [1.54, 1.807) is 7.11 Å². The molecule has 0 saturated carbocycles. The van der Waals surface area contributed by atoms with Crippen LogP contribution in [-0.2, 0) is 19.3 Å². The van der Waals surface area contributed by atoms with Crippen molar-refractivity contribution in [1.82, 2.24) is 0 Å². The molecule has 0 aromatic heterocycles. The first-order chi connectivity index (χ1) is 18.2. The molecule has 0 unspecified atom stereocenters. The van der Waals surface area contributed by atoms with Crippen LogP contribution < -0.4 is 4.74 Å². The minimum Gasteiger partial charge on any atom is -0.497 e. The monoisotopic (exact) mass is 478 g/mol. The van der Waals surface area contributed by atoms with Gasteiger partial charge in [0.15, 0.2) is 0 Å². The first-order valence-electron chi connectivity index (χ1n) is 12.3. The van der Waals surface area contributed by atoms with Crippen molar-refractivity contribution in [3.63, 3.8) is 0 Å². The molecule has 3 heterocycles. The number of nitrogens with zero attached hydrogens (tertiary/aromatic N) is 4. The normalized spacial score (nSPS) is 14.8. The highest BCUT2D eigenvalue weighted by atomic mass is 16.5. The summed E-state index contributed by atoms with van der Waals surface area (Å²) in [7, 11) is 1.68. The van der Waals surface area contributed by atoms with Crippen LogP contribution in [0.3, 0.4) is 0 Å². The topological polar surface area (TPSA) is 70.1 Å². The Bertz CT molecular complexity index is 1740. The van der Waals surface area contributed by atoms with Crippen LogP contribution >= 0.6 is 0 Å². The number of methoxy groups -OCH3 is 1. The Labute approximate surface area is 215 Å². The summed E-state index contributed by atoms with van der Waals surface area (Å²) in [6.07, 6.45) is 2.41. The Morgan fingerprint density at radius 3 is 1.57 bits per heavy atom. The largest absolute Gasteiger partial charge is 0.497 e. The van der Waals surface area contributed by atoms with E-state index < -0.39 is 0 Å². The van der Waals surface area contributed by atoms with Crippen LogP contribution in [0.4, 0.5) is 17.1 Å². The second-order valence-corrected chi connectivity index (χ2v) is 9.58. The summed E-state index contributed by atoms with van der Waals surface area (Å²) in [6.45, 7) is 0. The SMILES string of the molecule is COc1ccc(C2=Nc3cc(C4=Nc5cc(C6=Nc7cc(C#N)ccc7C6)ccc5C4)ccc3C2)cc1. The number of ether oxygens (including phenoxy) is 1. The summed E-state index contributed by atoms with van der Waals surface area (Å²) in [5.74, 6) is 0.849. The third-order valence-electron chi connectivity index (χ3n) is 7.31. The molecule has 0 bridgehead atoms. The molecular weight excluding hydrogens is 456 g/mol. The molecule has 5 nitrogen and oxygen atoms in total. The Morgan fingerprint density at radius 2 is 1.05 bits per heavy atom. The average molecular weight is 479 g/mol. The first kappa shape index (κ1) is 21.5. The van der Waals surface area contributed by atoms with Gasteiger partial charge in [-0.1, -0.05) is 30.3 Å². The van der Waals surface area contributed by atoms with Gasteiger partial charge in [-0.15, -0.1) is 0 Å². The van der Waals surface area contributed by atoms with Crippen LogP contribution in [0.15, 0.2) is 93.8 Å². The van der Waals surface area contributed by atoms with E-state index in [0.717, 1.165) is 81.5 Å². The molecule has 0 saturated heterocycles. The molecule has 4 aromatic carbocycles. The van der Waals surface area contributed by atoms with Gasteiger partial charge < -0.3 is 4.74 Å². The zero-order valence-corrected chi connectivity index (χ0v) is 20.3. The highest BCUT2D eigenvalue weighted by Crippen LogP contribution is 2.36. The van der Waals surface area contributed by atoms with Gasteiger partial charge in [-0.2, -0.15) is 5.26 Å². The maximum atomic E-state index is 9.19. The molecule has 4 aromatic rings. The van der Waals surface area contributed by atoms with Crippen molar-refractivity contribution in [1.29, 1.82) is 5.26 Å². The summed E-state index contributed by atoms with van der Waals surface area (Å²) in [6, 6.07) is 29.0. The fourth-order valence-corrected chi connectivity index (χ4v) is 5.26. The number of hydrogen-bond donors (Lipinski definition) is 0. The highest BCUT2D eigenvalue weighted by Gasteiger charge is 2.22. The van der Waals surface area contributed by atoms with Gasteiger partial charge in [0.25, 0.3) is 0 Å². The molecule has 3 aliphatic rings. The molecule has 0 atom stereocenters. The van der Waals surface area contributed by atoms with Crippen molar-refractivity contribution in [3.05, 3.63) is 118 Å². The Balaban J connectivity index is 1.15. The van der Waals surface area contributed by atoms with Crippen molar-refractivity contribution >= 4 is 34.2 Å². The van der Waals surface area contributed by atoms with Gasteiger partial charge in [-0.05, 0) is 81.9 Å². The van der Waals surface area contributed by atoms with E-state index in [0.29, 0.717) is 5.56 Å². The molecule has 0 aliphatic carbocycles. The van der Waals surface area contributed by atoms with Gasteiger partial charge >= 0.3 is 0 Å². The van der Waals surface area contributed by atoms with E-state index in [9.17, 15) is 5.26 Å². The minimum atomic E-state index is 0.641. The smallest absolute Gasteiger partial charge is 0.118 e. The second kappa shape index (κ2) is 8.39. The fraction of sp³-hybridized carbons (Fsp3) is 0.125. The summed E-state index contributed by atoms with van der Waals surface area (Å²) < 4.78 is 5.28. The predicted molar refractivity (Wildman–Crippen MR) is 147 cm³/mol. The fourth-order valence-electron chi connectivity index (χ4n) is 5.26. The van der Waals surface area contributed by atoms with E-state index in [-0.39, 0.29) is 0 Å². The number of benzene rings is 4. The van der Waals surface area contributed by atoms with E-state index in [1.165, 1.54) is 11.1 Å². The average Bonchev–Trinajstić information content (AvgIpc) is 3.67. The number of hydrogen-bond acceptors (Lipinski definition) is 5. The maximum absolute atomic E-state index is 9.19. The zero-order chi connectivity index (χ0) is 24.9. The molecule has 0 N–H and O–H groups in total. The van der Waals surface area contributed by atoms with Crippen LogP contribution in [0.2, 0.25) is 0 Å². The Morgan fingerprint density at radius 1 is 0.595 bits per heavy atom. The Kier molecular flexibility index (Phi) is 4.87. The molecular formula is C32H22N4O. The summed E-state index contributed by atoms with van der Waals surface area (Å²) in [5, 5.41) is 9.19. The van der Waals surface area contributed by atoms with Crippen LogP contribution in [0, 0.1) is 11.3 Å². The highest BCUT2D eigenvalue weighted by molar-refractivity contribution is 6.11. The zero-order valence-electron chi connectivity index (χ0n) is 20.3. The van der Waals surface area contributed by atoms with Crippen LogP contribution in [0.1, 0.15) is 38.9 Å². The predicted octanol–water partition coefficient (Wildman–Crippen LogP) is 6.60. The Hall–Kier alpha value is -4.82. The van der Waals surface area contributed by atoms with Crippen molar-refractivity contribution in [2.24, 2.45) is 15.0 Å². The van der Waals surface area contributed by atoms with Gasteiger partial charge in [-0.3, -0.25) is 15.0 Å². The minimum absolute atomic E-state index is 0.641. The lowest BCUT2D eigenvalue weighted by Crippen LogP contribution is -2.01. The third kappa shape index (κ3) is 3.75. The summed E-state index contributed by atoms with van der Waals surface area (Å²) in [4.78, 5) is 14.8. The lowest BCUT2D eigenvalue weighted by molar-refractivity contribution is 0.415. The van der Waals surface area contributed by atoms with Crippen LogP contribution in [0.25, 0.3) is 0 Å². The van der Waals surface area contributed by atoms with Gasteiger partial charge in [0.1, 0.15) is 5.75 Å². The number of nitriles is 1. The molecule has 37 heavy (non-hydrogen) atoms. The van der Waals surface area contributed by atoms with Crippen molar-refractivity contribution < 1.29 is 4.74 Å². The quantitative estimate of drug-likeness (QED) is 0.332. The van der Waals surface area contributed by atoms with Gasteiger partial charge in [0.2, 0.25) is 0 Å². The van der Waals surface area contributed by atoms with Crippen molar-refractivity contribution in [2.45, 2.75) is 19.3 Å². The van der Waals surface area contributed by atoms with Gasteiger partial charge in [0, 0.05) is 19.3 Å². The summed E-state index contributed by atoms with van der Waals surface area (Å²) in [5.41, 5.74) is 13.7. The van der Waals surface area contributed by atoms with Crippen LogP contribution in [-0.4, -0.2) is 24.2 Å². The van der Waals surface area contributed by atoms with Crippen LogP contribution in [0.5, 0.6) is 5.75 Å². The number of fused-ring (bicyclic) bond motifs is 3. The van der Waals surface area contributed by atoms with E-state index >= 15 is 0 Å². The van der Waals surface area contributed by atoms with E-state index in [2.05, 4.69) is 54.6 Å². The van der Waals surface area contributed by atoms with E-state index in [4.69, 9.17) is 19.7 Å².